The second kappa shape index (κ2) is 6.50. The molecular formula is C13H22N4O. The van der Waals surface area contributed by atoms with Gasteiger partial charge in [-0.15, -0.1) is 5.10 Å². The summed E-state index contributed by atoms with van der Waals surface area (Å²) >= 11 is 0. The smallest absolute Gasteiger partial charge is 0.0999 e. The lowest BCUT2D eigenvalue weighted by atomic mass is 10.0. The van der Waals surface area contributed by atoms with Crippen molar-refractivity contribution < 1.29 is 5.11 Å². The molecule has 0 radical (unpaired) electrons. The molecule has 2 atom stereocenters. The molecule has 0 aromatic carbocycles. The van der Waals surface area contributed by atoms with Crippen molar-refractivity contribution >= 4 is 0 Å². The van der Waals surface area contributed by atoms with Gasteiger partial charge in [-0.05, 0) is 32.6 Å². The van der Waals surface area contributed by atoms with Crippen LogP contribution in [0.25, 0.3) is 0 Å². The molecule has 1 aromatic rings. The van der Waals surface area contributed by atoms with Crippen molar-refractivity contribution in [3.05, 3.63) is 11.4 Å². The van der Waals surface area contributed by atoms with Gasteiger partial charge in [0, 0.05) is 0 Å². The predicted octanol–water partition coefficient (Wildman–Crippen LogP) is 1.87. The van der Waals surface area contributed by atoms with Gasteiger partial charge in [-0.25, -0.2) is 4.68 Å². The van der Waals surface area contributed by atoms with Gasteiger partial charge in [-0.3, -0.25) is 0 Å². The number of nitriles is 1. The fourth-order valence-electron chi connectivity index (χ4n) is 1.77. The first-order chi connectivity index (χ1) is 8.47. The molecule has 2 unspecified atom stereocenters. The van der Waals surface area contributed by atoms with Gasteiger partial charge in [-0.1, -0.05) is 19.1 Å². The summed E-state index contributed by atoms with van der Waals surface area (Å²) in [5.41, 5.74) is 1.73. The summed E-state index contributed by atoms with van der Waals surface area (Å²) < 4.78 is 1.76. The lowest BCUT2D eigenvalue weighted by Crippen LogP contribution is -2.22. The fraction of sp³-hybridized carbons (Fsp3) is 0.769. The van der Waals surface area contributed by atoms with Crippen LogP contribution >= 0.6 is 0 Å². The Bertz CT molecular complexity index is 417. The summed E-state index contributed by atoms with van der Waals surface area (Å²) in [6.07, 6.45) is 1.66. The van der Waals surface area contributed by atoms with Gasteiger partial charge in [0.15, 0.2) is 0 Å². The Morgan fingerprint density at radius 2 is 2.00 bits per heavy atom. The van der Waals surface area contributed by atoms with E-state index in [1.54, 1.807) is 11.6 Å². The summed E-state index contributed by atoms with van der Waals surface area (Å²) in [4.78, 5) is 0. The van der Waals surface area contributed by atoms with E-state index < -0.39 is 6.10 Å². The maximum Gasteiger partial charge on any atom is 0.0999 e. The van der Waals surface area contributed by atoms with Crippen molar-refractivity contribution in [1.82, 2.24) is 15.0 Å². The standard InChI is InChI=1S/C13H22N4O/c1-9(2)5-6-13-12(7-8-14)15-16-17(13)10(3)11(4)18/h9-11,18H,5-7H2,1-4H3. The zero-order chi connectivity index (χ0) is 13.7. The number of aromatic nitrogens is 3. The first kappa shape index (κ1) is 14.7. The molecule has 0 aliphatic carbocycles. The van der Waals surface area contributed by atoms with Crippen molar-refractivity contribution in [2.24, 2.45) is 5.92 Å². The van der Waals surface area contributed by atoms with E-state index in [0.29, 0.717) is 5.92 Å². The highest BCUT2D eigenvalue weighted by Crippen LogP contribution is 2.18. The van der Waals surface area contributed by atoms with Gasteiger partial charge < -0.3 is 5.11 Å². The maximum absolute atomic E-state index is 9.66. The molecule has 1 rings (SSSR count). The first-order valence-corrected chi connectivity index (χ1v) is 6.45. The molecule has 0 fully saturated rings. The van der Waals surface area contributed by atoms with E-state index in [0.717, 1.165) is 24.2 Å². The third-order valence-electron chi connectivity index (χ3n) is 3.16. The number of nitrogens with zero attached hydrogens (tertiary/aromatic N) is 4. The summed E-state index contributed by atoms with van der Waals surface area (Å²) in [7, 11) is 0. The van der Waals surface area contributed by atoms with Crippen molar-refractivity contribution in [3.63, 3.8) is 0 Å². The molecule has 0 saturated carbocycles. The van der Waals surface area contributed by atoms with Gasteiger partial charge in [0.05, 0.1) is 36.0 Å². The highest BCUT2D eigenvalue weighted by molar-refractivity contribution is 5.15. The van der Waals surface area contributed by atoms with Gasteiger partial charge in [0.25, 0.3) is 0 Å². The maximum atomic E-state index is 9.66. The predicted molar refractivity (Wildman–Crippen MR) is 68.9 cm³/mol. The minimum atomic E-state index is -0.487. The minimum absolute atomic E-state index is 0.118. The Labute approximate surface area is 108 Å². The first-order valence-electron chi connectivity index (χ1n) is 6.45. The number of hydrogen-bond donors (Lipinski definition) is 1. The van der Waals surface area contributed by atoms with Gasteiger partial charge in [0.2, 0.25) is 0 Å². The SMILES string of the molecule is CC(C)CCc1c(CC#N)nnn1C(C)C(C)O. The molecular weight excluding hydrogens is 228 g/mol. The Hall–Kier alpha value is -1.41. The number of aliphatic hydroxyl groups excluding tert-OH is 1. The number of hydrogen-bond acceptors (Lipinski definition) is 4. The zero-order valence-electron chi connectivity index (χ0n) is 11.6. The van der Waals surface area contributed by atoms with Crippen LogP contribution in [0.1, 0.15) is 51.5 Å². The van der Waals surface area contributed by atoms with Crippen LogP contribution in [0.4, 0.5) is 0 Å². The van der Waals surface area contributed by atoms with Gasteiger partial charge in [0.1, 0.15) is 0 Å². The van der Waals surface area contributed by atoms with Crippen LogP contribution in [0.15, 0.2) is 0 Å². The third kappa shape index (κ3) is 3.54. The fourth-order valence-corrected chi connectivity index (χ4v) is 1.77. The average molecular weight is 250 g/mol. The molecule has 0 aliphatic rings. The largest absolute Gasteiger partial charge is 0.391 e. The number of rotatable bonds is 6. The minimum Gasteiger partial charge on any atom is -0.391 e. The molecule has 0 aliphatic heterocycles. The van der Waals surface area contributed by atoms with Crippen LogP contribution in [0.2, 0.25) is 0 Å². The average Bonchev–Trinajstić information content (AvgIpc) is 2.68. The van der Waals surface area contributed by atoms with Gasteiger partial charge in [-0.2, -0.15) is 5.26 Å². The summed E-state index contributed by atoms with van der Waals surface area (Å²) in [6.45, 7) is 7.98. The molecule has 0 saturated heterocycles. The highest BCUT2D eigenvalue weighted by Gasteiger charge is 2.20. The van der Waals surface area contributed by atoms with Crippen LogP contribution in [0, 0.1) is 17.2 Å². The Kier molecular flexibility index (Phi) is 5.29. The van der Waals surface area contributed by atoms with Crippen LogP contribution < -0.4 is 0 Å². The van der Waals surface area contributed by atoms with E-state index in [1.165, 1.54) is 0 Å². The van der Waals surface area contributed by atoms with Crippen LogP contribution in [0.3, 0.4) is 0 Å². The van der Waals surface area contributed by atoms with Crippen molar-refractivity contribution in [2.45, 2.75) is 59.1 Å². The van der Waals surface area contributed by atoms with E-state index in [2.05, 4.69) is 30.2 Å². The normalized spacial score (nSPS) is 14.5. The van der Waals surface area contributed by atoms with Crippen LogP contribution in [-0.2, 0) is 12.8 Å². The lowest BCUT2D eigenvalue weighted by Gasteiger charge is -2.18. The molecule has 1 N–H and O–H groups in total. The zero-order valence-corrected chi connectivity index (χ0v) is 11.6. The molecule has 100 valence electrons. The molecule has 1 aromatic heterocycles. The summed E-state index contributed by atoms with van der Waals surface area (Å²) in [5.74, 6) is 0.588. The Morgan fingerprint density at radius 1 is 1.33 bits per heavy atom. The van der Waals surface area contributed by atoms with E-state index in [9.17, 15) is 5.11 Å². The van der Waals surface area contributed by atoms with Crippen molar-refractivity contribution in [1.29, 1.82) is 5.26 Å². The Morgan fingerprint density at radius 3 is 2.50 bits per heavy atom. The molecule has 5 heteroatoms. The van der Waals surface area contributed by atoms with E-state index in [4.69, 9.17) is 5.26 Å². The third-order valence-corrected chi connectivity index (χ3v) is 3.16. The van der Waals surface area contributed by atoms with E-state index >= 15 is 0 Å². The highest BCUT2D eigenvalue weighted by atomic mass is 16.3. The van der Waals surface area contributed by atoms with Crippen molar-refractivity contribution in [2.75, 3.05) is 0 Å². The molecule has 5 nitrogen and oxygen atoms in total. The molecule has 0 amide bonds. The molecule has 0 spiro atoms. The van der Waals surface area contributed by atoms with Crippen LogP contribution in [0.5, 0.6) is 0 Å². The van der Waals surface area contributed by atoms with Crippen LogP contribution in [-0.4, -0.2) is 26.2 Å². The molecule has 0 bridgehead atoms. The number of aliphatic hydroxyl groups is 1. The van der Waals surface area contributed by atoms with E-state index in [1.807, 2.05) is 6.92 Å². The second-order valence-corrected chi connectivity index (χ2v) is 5.18. The second-order valence-electron chi connectivity index (χ2n) is 5.18. The lowest BCUT2D eigenvalue weighted by molar-refractivity contribution is 0.129. The molecule has 18 heavy (non-hydrogen) atoms. The Balaban J connectivity index is 2.99. The van der Waals surface area contributed by atoms with E-state index in [-0.39, 0.29) is 12.5 Å². The summed E-state index contributed by atoms with van der Waals surface area (Å²) in [5, 5.41) is 26.6. The van der Waals surface area contributed by atoms with Gasteiger partial charge >= 0.3 is 0 Å². The topological polar surface area (TPSA) is 74.7 Å². The quantitative estimate of drug-likeness (QED) is 0.836. The van der Waals surface area contributed by atoms with Crippen molar-refractivity contribution in [3.8, 4) is 6.07 Å². The molecule has 1 heterocycles. The summed E-state index contributed by atoms with van der Waals surface area (Å²) in [6, 6.07) is 2.00. The monoisotopic (exact) mass is 250 g/mol.